The lowest BCUT2D eigenvalue weighted by Gasteiger charge is -2.27. The summed E-state index contributed by atoms with van der Waals surface area (Å²) in [5.41, 5.74) is 0.0868. The molecule has 1 aromatic carbocycles. The van der Waals surface area contributed by atoms with Gasteiger partial charge in [-0.2, -0.15) is 0 Å². The molecule has 1 N–H and O–H groups in total. The summed E-state index contributed by atoms with van der Waals surface area (Å²) < 4.78 is 5.16. The van der Waals surface area contributed by atoms with E-state index < -0.39 is 5.97 Å². The molecule has 1 aromatic rings. The van der Waals surface area contributed by atoms with Crippen LogP contribution in [0.2, 0.25) is 10.0 Å². The van der Waals surface area contributed by atoms with Crippen LogP contribution in [0.1, 0.15) is 20.7 Å². The van der Waals surface area contributed by atoms with E-state index in [9.17, 15) is 9.59 Å². The molecule has 0 spiro atoms. The van der Waals surface area contributed by atoms with Gasteiger partial charge in [-0.3, -0.25) is 4.79 Å². The zero-order chi connectivity index (χ0) is 14.0. The van der Waals surface area contributed by atoms with Crippen LogP contribution >= 0.6 is 23.2 Å². The minimum absolute atomic E-state index is 0.0448. The number of nitrogens with zero attached hydrogens (tertiary/aromatic N) is 1. The van der Waals surface area contributed by atoms with Gasteiger partial charge in [0, 0.05) is 18.7 Å². The minimum atomic E-state index is -1.22. The smallest absolute Gasteiger partial charge is 0.338 e. The molecular formula is C12H11Cl2NO4. The number of morpholine rings is 1. The molecule has 5 nitrogen and oxygen atoms in total. The molecule has 7 heteroatoms. The number of amides is 1. The van der Waals surface area contributed by atoms with Crippen molar-refractivity contribution in [2.75, 3.05) is 26.3 Å². The first kappa shape index (κ1) is 14.1. The molecule has 0 saturated carbocycles. The number of benzene rings is 1. The van der Waals surface area contributed by atoms with Crippen molar-refractivity contribution in [2.24, 2.45) is 0 Å². The van der Waals surface area contributed by atoms with Crippen LogP contribution in [0.15, 0.2) is 12.1 Å². The first-order chi connectivity index (χ1) is 9.00. The summed E-state index contributed by atoms with van der Waals surface area (Å²) >= 11 is 11.7. The quantitative estimate of drug-likeness (QED) is 0.909. The zero-order valence-corrected chi connectivity index (χ0v) is 11.4. The Balaban J connectivity index is 2.30. The van der Waals surface area contributed by atoms with E-state index in [1.807, 2.05) is 0 Å². The highest BCUT2D eigenvalue weighted by Gasteiger charge is 2.22. The summed E-state index contributed by atoms with van der Waals surface area (Å²) in [6.45, 7) is 1.96. The lowest BCUT2D eigenvalue weighted by atomic mass is 10.1. The van der Waals surface area contributed by atoms with Crippen molar-refractivity contribution in [3.63, 3.8) is 0 Å². The lowest BCUT2D eigenvalue weighted by molar-refractivity contribution is 0.0303. The van der Waals surface area contributed by atoms with Gasteiger partial charge in [-0.05, 0) is 12.1 Å². The Hall–Kier alpha value is -1.30. The average Bonchev–Trinajstić information content (AvgIpc) is 2.37. The van der Waals surface area contributed by atoms with Crippen LogP contribution in [-0.4, -0.2) is 48.2 Å². The third-order valence-electron chi connectivity index (χ3n) is 2.80. The van der Waals surface area contributed by atoms with Crippen molar-refractivity contribution >= 4 is 35.1 Å². The second kappa shape index (κ2) is 5.77. The predicted octanol–water partition coefficient (Wildman–Crippen LogP) is 2.16. The SMILES string of the molecule is O=C(O)c1c(Cl)cc(C(=O)N2CCOCC2)cc1Cl. The van der Waals surface area contributed by atoms with Gasteiger partial charge in [0.2, 0.25) is 0 Å². The Morgan fingerprint density at radius 2 is 1.68 bits per heavy atom. The van der Waals surface area contributed by atoms with Gasteiger partial charge >= 0.3 is 5.97 Å². The molecule has 2 rings (SSSR count). The van der Waals surface area contributed by atoms with Gasteiger partial charge < -0.3 is 14.7 Å². The number of carbonyl (C=O) groups is 2. The standard InChI is InChI=1S/C12H11Cl2NO4/c13-8-5-7(6-9(14)10(8)12(17)18)11(16)15-1-3-19-4-2-15/h5-6H,1-4H2,(H,17,18). The highest BCUT2D eigenvalue weighted by molar-refractivity contribution is 6.39. The number of hydrogen-bond donors (Lipinski definition) is 1. The maximum atomic E-state index is 12.2. The van der Waals surface area contributed by atoms with Gasteiger partial charge in [0.25, 0.3) is 5.91 Å². The van der Waals surface area contributed by atoms with Crippen LogP contribution < -0.4 is 0 Å². The van der Waals surface area contributed by atoms with Crippen molar-refractivity contribution in [1.29, 1.82) is 0 Å². The molecule has 0 aliphatic carbocycles. The molecule has 0 unspecified atom stereocenters. The first-order valence-corrected chi connectivity index (χ1v) is 6.35. The molecule has 102 valence electrons. The number of carbonyl (C=O) groups excluding carboxylic acids is 1. The van der Waals surface area contributed by atoms with Gasteiger partial charge in [0.1, 0.15) is 0 Å². The van der Waals surface area contributed by atoms with Crippen molar-refractivity contribution in [3.05, 3.63) is 33.3 Å². The molecule has 1 amide bonds. The van der Waals surface area contributed by atoms with Gasteiger partial charge in [-0.25, -0.2) is 4.79 Å². The number of carboxylic acids is 1. The van der Waals surface area contributed by atoms with Crippen LogP contribution in [-0.2, 0) is 4.74 Å². The molecule has 0 aromatic heterocycles. The van der Waals surface area contributed by atoms with E-state index in [0.29, 0.717) is 26.3 Å². The Labute approximate surface area is 119 Å². The van der Waals surface area contributed by atoms with E-state index in [2.05, 4.69) is 0 Å². The highest BCUT2D eigenvalue weighted by atomic mass is 35.5. The van der Waals surface area contributed by atoms with Crippen molar-refractivity contribution < 1.29 is 19.4 Å². The van der Waals surface area contributed by atoms with Gasteiger partial charge in [0.05, 0.1) is 28.8 Å². The molecular weight excluding hydrogens is 293 g/mol. The van der Waals surface area contributed by atoms with Crippen LogP contribution in [0.4, 0.5) is 0 Å². The molecule has 0 atom stereocenters. The number of ether oxygens (including phenoxy) is 1. The van der Waals surface area contributed by atoms with Gasteiger partial charge in [-0.1, -0.05) is 23.2 Å². The second-order valence-corrected chi connectivity index (χ2v) is 4.84. The second-order valence-electron chi connectivity index (χ2n) is 4.02. The number of hydrogen-bond acceptors (Lipinski definition) is 3. The molecule has 1 aliphatic rings. The van der Waals surface area contributed by atoms with E-state index in [0.717, 1.165) is 0 Å². The molecule has 1 aliphatic heterocycles. The van der Waals surface area contributed by atoms with Crippen molar-refractivity contribution in [2.45, 2.75) is 0 Å². The monoisotopic (exact) mass is 303 g/mol. The van der Waals surface area contributed by atoms with Crippen LogP contribution in [0.5, 0.6) is 0 Å². The largest absolute Gasteiger partial charge is 0.478 e. The number of rotatable bonds is 2. The fourth-order valence-corrected chi connectivity index (χ4v) is 2.50. The molecule has 1 saturated heterocycles. The van der Waals surface area contributed by atoms with Crippen LogP contribution in [0.3, 0.4) is 0 Å². The van der Waals surface area contributed by atoms with E-state index in [-0.39, 0.29) is 27.1 Å². The fourth-order valence-electron chi connectivity index (χ4n) is 1.85. The predicted molar refractivity (Wildman–Crippen MR) is 70.1 cm³/mol. The molecule has 0 radical (unpaired) electrons. The first-order valence-electron chi connectivity index (χ1n) is 5.60. The Kier molecular flexibility index (Phi) is 4.29. The van der Waals surface area contributed by atoms with E-state index >= 15 is 0 Å². The summed E-state index contributed by atoms with van der Waals surface area (Å²) in [5.74, 6) is -1.45. The highest BCUT2D eigenvalue weighted by Crippen LogP contribution is 2.27. The maximum Gasteiger partial charge on any atom is 0.338 e. The third-order valence-corrected chi connectivity index (χ3v) is 3.40. The van der Waals surface area contributed by atoms with E-state index in [1.54, 1.807) is 4.90 Å². The molecule has 19 heavy (non-hydrogen) atoms. The van der Waals surface area contributed by atoms with Gasteiger partial charge in [0.15, 0.2) is 0 Å². The number of aromatic carboxylic acids is 1. The number of halogens is 2. The van der Waals surface area contributed by atoms with E-state index in [1.165, 1.54) is 12.1 Å². The Bertz CT molecular complexity index is 503. The summed E-state index contributed by atoms with van der Waals surface area (Å²) in [7, 11) is 0. The lowest BCUT2D eigenvalue weighted by Crippen LogP contribution is -2.40. The zero-order valence-electron chi connectivity index (χ0n) is 9.86. The summed E-state index contributed by atoms with van der Waals surface area (Å²) in [5, 5.41) is 8.85. The van der Waals surface area contributed by atoms with E-state index in [4.69, 9.17) is 33.0 Å². The Morgan fingerprint density at radius 3 is 2.16 bits per heavy atom. The summed E-state index contributed by atoms with van der Waals surface area (Å²) in [6.07, 6.45) is 0. The fraction of sp³-hybridized carbons (Fsp3) is 0.333. The summed E-state index contributed by atoms with van der Waals surface area (Å²) in [4.78, 5) is 24.8. The van der Waals surface area contributed by atoms with Crippen molar-refractivity contribution in [3.8, 4) is 0 Å². The Morgan fingerprint density at radius 1 is 1.16 bits per heavy atom. The van der Waals surface area contributed by atoms with Crippen molar-refractivity contribution in [1.82, 2.24) is 4.90 Å². The molecule has 0 bridgehead atoms. The maximum absolute atomic E-state index is 12.2. The van der Waals surface area contributed by atoms with Gasteiger partial charge in [-0.15, -0.1) is 0 Å². The normalized spacial score (nSPS) is 15.4. The van der Waals surface area contributed by atoms with Crippen LogP contribution in [0.25, 0.3) is 0 Å². The average molecular weight is 304 g/mol. The summed E-state index contributed by atoms with van der Waals surface area (Å²) in [6, 6.07) is 2.66. The molecule has 1 heterocycles. The van der Waals surface area contributed by atoms with Crippen LogP contribution in [0, 0.1) is 0 Å². The topological polar surface area (TPSA) is 66.8 Å². The number of carboxylic acid groups (broad SMARTS) is 1. The minimum Gasteiger partial charge on any atom is -0.478 e. The third kappa shape index (κ3) is 3.00. The molecule has 1 fully saturated rings.